The highest BCUT2D eigenvalue weighted by atomic mass is 35.5. The summed E-state index contributed by atoms with van der Waals surface area (Å²) in [5.74, 6) is -0.758. The smallest absolute Gasteiger partial charge is 0.408 e. The summed E-state index contributed by atoms with van der Waals surface area (Å²) in [5, 5.41) is 5.94. The Balaban J connectivity index is 1.43. The van der Waals surface area contributed by atoms with E-state index < -0.39 is 18.0 Å². The third-order valence-electron chi connectivity index (χ3n) is 5.65. The van der Waals surface area contributed by atoms with Gasteiger partial charge in [0.2, 0.25) is 11.8 Å². The number of amides is 3. The van der Waals surface area contributed by atoms with Gasteiger partial charge in [0.15, 0.2) is 0 Å². The number of nitrogens with one attached hydrogen (secondary N) is 2. The molecule has 2 aromatic rings. The Morgan fingerprint density at radius 2 is 1.71 bits per heavy atom. The number of hydrogen-bond acceptors (Lipinski definition) is 5. The molecule has 0 aromatic heterocycles. The summed E-state index contributed by atoms with van der Waals surface area (Å²) in [6, 6.07) is 16.1. The van der Waals surface area contributed by atoms with Crippen LogP contribution in [0.5, 0.6) is 0 Å². The van der Waals surface area contributed by atoms with Crippen molar-refractivity contribution in [2.45, 2.75) is 26.5 Å². The van der Waals surface area contributed by atoms with Gasteiger partial charge in [-0.3, -0.25) is 9.59 Å². The highest BCUT2D eigenvalue weighted by molar-refractivity contribution is 6.30. The molecule has 182 valence electrons. The van der Waals surface area contributed by atoms with Crippen LogP contribution in [0.15, 0.2) is 54.6 Å². The number of halogens is 1. The second-order valence-corrected chi connectivity index (χ2v) is 8.93. The summed E-state index contributed by atoms with van der Waals surface area (Å²) in [4.78, 5) is 41.4. The average molecular weight is 487 g/mol. The molecule has 1 atom stereocenters. The van der Waals surface area contributed by atoms with E-state index >= 15 is 0 Å². The molecule has 1 aliphatic heterocycles. The van der Waals surface area contributed by atoms with Gasteiger partial charge < -0.3 is 25.2 Å². The fourth-order valence-electron chi connectivity index (χ4n) is 3.70. The molecular formula is C25H31ClN4O4. The highest BCUT2D eigenvalue weighted by Gasteiger charge is 2.27. The SMILES string of the molecule is CC(C)[C@H](NC(=O)OCc1ccccc1)C(=O)NCC(=O)N1CCN(c2cccc(Cl)c2)CC1. The van der Waals surface area contributed by atoms with Crippen molar-refractivity contribution in [2.24, 2.45) is 5.92 Å². The third kappa shape index (κ3) is 7.38. The molecule has 0 spiro atoms. The third-order valence-corrected chi connectivity index (χ3v) is 5.89. The van der Waals surface area contributed by atoms with Crippen molar-refractivity contribution in [3.05, 3.63) is 65.2 Å². The van der Waals surface area contributed by atoms with Crippen LogP contribution in [-0.2, 0) is 20.9 Å². The first-order valence-electron chi connectivity index (χ1n) is 11.4. The molecule has 0 radical (unpaired) electrons. The van der Waals surface area contributed by atoms with Crippen molar-refractivity contribution < 1.29 is 19.1 Å². The van der Waals surface area contributed by atoms with Crippen molar-refractivity contribution in [2.75, 3.05) is 37.6 Å². The lowest BCUT2D eigenvalue weighted by atomic mass is 10.0. The first kappa shape index (κ1) is 25.4. The van der Waals surface area contributed by atoms with Gasteiger partial charge in [-0.1, -0.05) is 61.8 Å². The molecule has 1 fully saturated rings. The van der Waals surface area contributed by atoms with Crippen molar-refractivity contribution in [3.8, 4) is 0 Å². The summed E-state index contributed by atoms with van der Waals surface area (Å²) < 4.78 is 5.22. The van der Waals surface area contributed by atoms with E-state index in [1.165, 1.54) is 0 Å². The number of rotatable bonds is 8. The molecule has 0 unspecified atom stereocenters. The summed E-state index contributed by atoms with van der Waals surface area (Å²) in [6.45, 7) is 6.10. The van der Waals surface area contributed by atoms with Crippen LogP contribution in [0, 0.1) is 5.92 Å². The van der Waals surface area contributed by atoms with E-state index in [9.17, 15) is 14.4 Å². The summed E-state index contributed by atoms with van der Waals surface area (Å²) in [6.07, 6.45) is -0.679. The van der Waals surface area contributed by atoms with Crippen LogP contribution in [0.4, 0.5) is 10.5 Å². The average Bonchev–Trinajstić information content (AvgIpc) is 2.85. The largest absolute Gasteiger partial charge is 0.445 e. The Morgan fingerprint density at radius 3 is 2.35 bits per heavy atom. The molecule has 3 amide bonds. The van der Waals surface area contributed by atoms with Crippen molar-refractivity contribution >= 4 is 35.2 Å². The molecule has 0 aliphatic carbocycles. The number of anilines is 1. The maximum Gasteiger partial charge on any atom is 0.408 e. The maximum atomic E-state index is 12.7. The van der Waals surface area contributed by atoms with E-state index in [2.05, 4.69) is 15.5 Å². The monoisotopic (exact) mass is 486 g/mol. The van der Waals surface area contributed by atoms with Gasteiger partial charge in [-0.05, 0) is 29.7 Å². The zero-order chi connectivity index (χ0) is 24.5. The zero-order valence-electron chi connectivity index (χ0n) is 19.5. The quantitative estimate of drug-likeness (QED) is 0.598. The number of alkyl carbamates (subject to hydrolysis) is 1. The minimum absolute atomic E-state index is 0.110. The van der Waals surface area contributed by atoms with Crippen molar-refractivity contribution in [3.63, 3.8) is 0 Å². The van der Waals surface area contributed by atoms with Gasteiger partial charge in [0.05, 0.1) is 6.54 Å². The topological polar surface area (TPSA) is 91.0 Å². The van der Waals surface area contributed by atoms with Crippen LogP contribution in [0.25, 0.3) is 0 Å². The second kappa shape index (κ2) is 12.3. The molecule has 1 heterocycles. The molecule has 1 saturated heterocycles. The number of benzene rings is 2. The van der Waals surface area contributed by atoms with Gasteiger partial charge in [-0.15, -0.1) is 0 Å². The van der Waals surface area contributed by atoms with Gasteiger partial charge in [0, 0.05) is 36.9 Å². The normalized spacial score (nSPS) is 14.5. The van der Waals surface area contributed by atoms with Crippen LogP contribution in [0.3, 0.4) is 0 Å². The van der Waals surface area contributed by atoms with Crippen LogP contribution < -0.4 is 15.5 Å². The standard InChI is InChI=1S/C25H31ClN4O4/c1-18(2)23(28-25(33)34-17-19-7-4-3-5-8-19)24(32)27-16-22(31)30-13-11-29(12-14-30)21-10-6-9-20(26)15-21/h3-10,15,18,23H,11-14,16-17H2,1-2H3,(H,27,32)(H,28,33)/t23-/m0/s1. The lowest BCUT2D eigenvalue weighted by Gasteiger charge is -2.36. The Labute approximate surface area is 205 Å². The summed E-state index contributed by atoms with van der Waals surface area (Å²) in [5.41, 5.74) is 1.88. The molecule has 2 N–H and O–H groups in total. The Morgan fingerprint density at radius 1 is 1.00 bits per heavy atom. The van der Waals surface area contributed by atoms with Crippen LogP contribution >= 0.6 is 11.6 Å². The highest BCUT2D eigenvalue weighted by Crippen LogP contribution is 2.20. The van der Waals surface area contributed by atoms with Crippen molar-refractivity contribution in [1.29, 1.82) is 0 Å². The fourth-order valence-corrected chi connectivity index (χ4v) is 3.88. The van der Waals surface area contributed by atoms with Gasteiger partial charge in [0.1, 0.15) is 12.6 Å². The molecule has 1 aliphatic rings. The van der Waals surface area contributed by atoms with E-state index in [0.717, 1.165) is 11.3 Å². The Hall–Kier alpha value is -3.26. The minimum Gasteiger partial charge on any atom is -0.445 e. The molecular weight excluding hydrogens is 456 g/mol. The van der Waals surface area contributed by atoms with E-state index in [0.29, 0.717) is 31.2 Å². The van der Waals surface area contributed by atoms with Crippen LogP contribution in [-0.4, -0.2) is 61.6 Å². The van der Waals surface area contributed by atoms with Gasteiger partial charge in [-0.25, -0.2) is 4.79 Å². The van der Waals surface area contributed by atoms with Gasteiger partial charge in [0.25, 0.3) is 0 Å². The van der Waals surface area contributed by atoms with E-state index in [-0.39, 0.29) is 25.0 Å². The predicted octanol–water partition coefficient (Wildman–Crippen LogP) is 3.06. The zero-order valence-corrected chi connectivity index (χ0v) is 20.3. The molecule has 0 bridgehead atoms. The lowest BCUT2D eigenvalue weighted by Crippen LogP contribution is -2.54. The van der Waals surface area contributed by atoms with Crippen LogP contribution in [0.2, 0.25) is 5.02 Å². The number of piperazine rings is 1. The van der Waals surface area contributed by atoms with Crippen LogP contribution in [0.1, 0.15) is 19.4 Å². The van der Waals surface area contributed by atoms with E-state index in [4.69, 9.17) is 16.3 Å². The van der Waals surface area contributed by atoms with E-state index in [1.54, 1.807) is 4.90 Å². The Bertz CT molecular complexity index is 978. The maximum absolute atomic E-state index is 12.7. The molecule has 8 nitrogen and oxygen atoms in total. The number of nitrogens with zero attached hydrogens (tertiary/aromatic N) is 2. The van der Waals surface area contributed by atoms with Gasteiger partial charge >= 0.3 is 6.09 Å². The summed E-state index contributed by atoms with van der Waals surface area (Å²) >= 11 is 6.07. The van der Waals surface area contributed by atoms with Gasteiger partial charge in [-0.2, -0.15) is 0 Å². The second-order valence-electron chi connectivity index (χ2n) is 8.49. The molecule has 34 heavy (non-hydrogen) atoms. The molecule has 0 saturated carbocycles. The summed E-state index contributed by atoms with van der Waals surface area (Å²) in [7, 11) is 0. The predicted molar refractivity (Wildman–Crippen MR) is 132 cm³/mol. The molecule has 3 rings (SSSR count). The first-order valence-corrected chi connectivity index (χ1v) is 11.7. The number of carbonyl (C=O) groups excluding carboxylic acids is 3. The molecule has 9 heteroatoms. The lowest BCUT2D eigenvalue weighted by molar-refractivity contribution is -0.133. The number of hydrogen-bond donors (Lipinski definition) is 2. The Kier molecular flexibility index (Phi) is 9.16. The molecule has 2 aromatic carbocycles. The number of carbonyl (C=O) groups is 3. The minimum atomic E-state index is -0.809. The fraction of sp³-hybridized carbons (Fsp3) is 0.400. The first-order chi connectivity index (χ1) is 16.3. The van der Waals surface area contributed by atoms with E-state index in [1.807, 2.05) is 68.4 Å². The van der Waals surface area contributed by atoms with Crippen molar-refractivity contribution in [1.82, 2.24) is 15.5 Å². The number of ether oxygens (including phenoxy) is 1.